The van der Waals surface area contributed by atoms with E-state index in [-0.39, 0.29) is 34.5 Å². The number of benzene rings is 1. The van der Waals surface area contributed by atoms with Crippen LogP contribution in [0.3, 0.4) is 0 Å². The van der Waals surface area contributed by atoms with Gasteiger partial charge in [0.15, 0.2) is 11.0 Å². The molecule has 2 aliphatic heterocycles. The van der Waals surface area contributed by atoms with Gasteiger partial charge >= 0.3 is 0 Å². The number of imidazole rings is 1. The van der Waals surface area contributed by atoms with Gasteiger partial charge in [0.25, 0.3) is 5.91 Å². The Morgan fingerprint density at radius 1 is 1.29 bits per heavy atom. The van der Waals surface area contributed by atoms with E-state index in [1.165, 1.54) is 6.08 Å². The molecule has 0 aliphatic carbocycles. The maximum absolute atomic E-state index is 13.3. The van der Waals surface area contributed by atoms with Crippen molar-refractivity contribution in [2.75, 3.05) is 31.6 Å². The number of rotatable bonds is 7. The van der Waals surface area contributed by atoms with Crippen molar-refractivity contribution in [3.05, 3.63) is 52.0 Å². The third-order valence-corrected chi connectivity index (χ3v) is 7.58. The van der Waals surface area contributed by atoms with E-state index >= 15 is 0 Å². The number of H-pyrrole nitrogens is 1. The molecular formula is C26H31Cl2N7O3. The Kier molecular flexibility index (Phi) is 7.15. The Morgan fingerprint density at radius 2 is 2.05 bits per heavy atom. The first-order valence-corrected chi connectivity index (χ1v) is 13.3. The average Bonchev–Trinajstić information content (AvgIpc) is 3.56. The number of amides is 2. The highest BCUT2D eigenvalue weighted by Crippen LogP contribution is 2.35. The fourth-order valence-corrected chi connectivity index (χ4v) is 5.66. The fraction of sp³-hybridized carbons (Fsp3) is 0.462. The molecule has 0 spiro atoms. The van der Waals surface area contributed by atoms with Crippen LogP contribution in [0.1, 0.15) is 55.1 Å². The summed E-state index contributed by atoms with van der Waals surface area (Å²) in [6.45, 7) is 12.0. The second kappa shape index (κ2) is 10.2. The molecule has 38 heavy (non-hydrogen) atoms. The minimum atomic E-state index is -0.328. The average molecular weight is 560 g/mol. The van der Waals surface area contributed by atoms with Gasteiger partial charge in [-0.1, -0.05) is 50.6 Å². The maximum Gasteiger partial charge on any atom is 0.271 e. The van der Waals surface area contributed by atoms with Gasteiger partial charge in [-0.3, -0.25) is 14.7 Å². The van der Waals surface area contributed by atoms with Crippen molar-refractivity contribution >= 4 is 51.7 Å². The van der Waals surface area contributed by atoms with Crippen LogP contribution in [0.15, 0.2) is 24.8 Å². The van der Waals surface area contributed by atoms with Gasteiger partial charge < -0.3 is 24.8 Å². The number of aromatic amines is 1. The zero-order valence-electron chi connectivity index (χ0n) is 21.6. The highest BCUT2D eigenvalue weighted by molar-refractivity contribution is 6.32. The van der Waals surface area contributed by atoms with Crippen LogP contribution in [0.25, 0.3) is 10.9 Å². The van der Waals surface area contributed by atoms with E-state index in [0.717, 1.165) is 22.9 Å². The SMILES string of the molecule is C=CC(=O)N1CC(NC(=O)c2c(Cl)nc(CNc3n[nH]c4cc(Cl)c(C(C)(C)C)cc34)n2C2CCOC2)C1. The van der Waals surface area contributed by atoms with E-state index < -0.39 is 0 Å². The molecule has 5 rings (SSSR count). The molecule has 2 aromatic heterocycles. The van der Waals surface area contributed by atoms with E-state index in [0.29, 0.717) is 55.2 Å². The predicted octanol–water partition coefficient (Wildman–Crippen LogP) is 4.06. The molecule has 10 nitrogen and oxygen atoms in total. The molecule has 1 unspecified atom stereocenters. The molecule has 2 aliphatic rings. The summed E-state index contributed by atoms with van der Waals surface area (Å²) in [6, 6.07) is 3.70. The molecule has 202 valence electrons. The first-order chi connectivity index (χ1) is 18.1. The van der Waals surface area contributed by atoms with Gasteiger partial charge in [0.05, 0.1) is 30.8 Å². The Bertz CT molecular complexity index is 1400. The lowest BCUT2D eigenvalue weighted by Gasteiger charge is -2.38. The van der Waals surface area contributed by atoms with E-state index in [4.69, 9.17) is 27.9 Å². The molecule has 4 heterocycles. The van der Waals surface area contributed by atoms with Crippen LogP contribution in [0.2, 0.25) is 10.2 Å². The van der Waals surface area contributed by atoms with E-state index in [1.807, 2.05) is 16.7 Å². The normalized spacial score (nSPS) is 18.0. The lowest BCUT2D eigenvalue weighted by Crippen LogP contribution is -2.60. The van der Waals surface area contributed by atoms with Crippen molar-refractivity contribution in [2.45, 2.75) is 51.2 Å². The number of fused-ring (bicyclic) bond motifs is 1. The Hall–Kier alpha value is -3.08. The zero-order chi connectivity index (χ0) is 27.2. The Labute approximate surface area is 230 Å². The highest BCUT2D eigenvalue weighted by atomic mass is 35.5. The summed E-state index contributed by atoms with van der Waals surface area (Å²) < 4.78 is 7.48. The second-order valence-electron chi connectivity index (χ2n) is 10.7. The second-order valence-corrected chi connectivity index (χ2v) is 11.5. The number of nitrogens with zero attached hydrogens (tertiary/aromatic N) is 4. The van der Waals surface area contributed by atoms with E-state index in [2.05, 4.69) is 53.2 Å². The first kappa shape index (κ1) is 26.5. The summed E-state index contributed by atoms with van der Waals surface area (Å²) in [5.74, 6) is 0.778. The van der Waals surface area contributed by atoms with E-state index in [9.17, 15) is 9.59 Å². The molecule has 3 N–H and O–H groups in total. The Morgan fingerprint density at radius 3 is 2.71 bits per heavy atom. The number of likely N-dealkylation sites (tertiary alicyclic amines) is 1. The van der Waals surface area contributed by atoms with Crippen LogP contribution in [-0.2, 0) is 21.5 Å². The molecule has 1 atom stereocenters. The summed E-state index contributed by atoms with van der Waals surface area (Å²) in [5, 5.41) is 15.5. The van der Waals surface area contributed by atoms with Crippen LogP contribution in [0, 0.1) is 0 Å². The number of carbonyl (C=O) groups is 2. The Balaban J connectivity index is 1.39. The molecule has 0 bridgehead atoms. The topological polar surface area (TPSA) is 117 Å². The summed E-state index contributed by atoms with van der Waals surface area (Å²) in [4.78, 5) is 31.2. The predicted molar refractivity (Wildman–Crippen MR) is 147 cm³/mol. The quantitative estimate of drug-likeness (QED) is 0.376. The zero-order valence-corrected chi connectivity index (χ0v) is 23.1. The van der Waals surface area contributed by atoms with Gasteiger partial charge in [0, 0.05) is 30.1 Å². The number of hydrogen-bond donors (Lipinski definition) is 3. The van der Waals surface area contributed by atoms with Gasteiger partial charge in [-0.15, -0.1) is 0 Å². The van der Waals surface area contributed by atoms with Crippen molar-refractivity contribution in [3.63, 3.8) is 0 Å². The number of nitrogens with one attached hydrogen (secondary N) is 3. The van der Waals surface area contributed by atoms with Crippen LogP contribution >= 0.6 is 23.2 Å². The van der Waals surface area contributed by atoms with Crippen LogP contribution in [0.5, 0.6) is 0 Å². The number of ether oxygens (including phenoxy) is 1. The van der Waals surface area contributed by atoms with Crippen molar-refractivity contribution in [2.24, 2.45) is 0 Å². The van der Waals surface area contributed by atoms with Crippen molar-refractivity contribution in [3.8, 4) is 0 Å². The van der Waals surface area contributed by atoms with Gasteiger partial charge in [-0.25, -0.2) is 4.98 Å². The number of hydrogen-bond acceptors (Lipinski definition) is 6. The lowest BCUT2D eigenvalue weighted by atomic mass is 9.86. The van der Waals surface area contributed by atoms with Gasteiger partial charge in [0.1, 0.15) is 11.5 Å². The van der Waals surface area contributed by atoms with Crippen molar-refractivity contribution in [1.29, 1.82) is 0 Å². The molecule has 0 radical (unpaired) electrons. The van der Waals surface area contributed by atoms with Crippen LogP contribution in [-0.4, -0.2) is 68.8 Å². The van der Waals surface area contributed by atoms with Gasteiger partial charge in [0.2, 0.25) is 5.91 Å². The largest absolute Gasteiger partial charge is 0.379 e. The van der Waals surface area contributed by atoms with E-state index in [1.54, 1.807) is 4.90 Å². The number of carbonyl (C=O) groups excluding carboxylic acids is 2. The molecular weight excluding hydrogens is 529 g/mol. The summed E-state index contributed by atoms with van der Waals surface area (Å²) in [6.07, 6.45) is 2.01. The fourth-order valence-electron chi connectivity index (χ4n) is 4.94. The number of anilines is 1. The minimum absolute atomic E-state index is 0.0741. The van der Waals surface area contributed by atoms with Crippen molar-refractivity contribution < 1.29 is 14.3 Å². The smallest absolute Gasteiger partial charge is 0.271 e. The summed E-state index contributed by atoms with van der Waals surface area (Å²) in [7, 11) is 0. The third kappa shape index (κ3) is 5.00. The summed E-state index contributed by atoms with van der Waals surface area (Å²) in [5.41, 5.74) is 2.00. The van der Waals surface area contributed by atoms with Crippen LogP contribution in [0.4, 0.5) is 5.82 Å². The standard InChI is InChI=1S/C26H31Cl2N7O3/c1-5-21(36)34-11-14(12-34)30-25(37)22-23(28)31-20(35(22)15-6-7-38-13-15)10-29-24-16-8-17(26(2,3)4)18(27)9-19(16)32-33-24/h5,8-9,14-15H,1,6-7,10-13H2,2-4H3,(H,30,37)(H2,29,32,33). The molecule has 3 aromatic rings. The number of aromatic nitrogens is 4. The molecule has 1 aromatic carbocycles. The maximum atomic E-state index is 13.3. The van der Waals surface area contributed by atoms with Crippen molar-refractivity contribution in [1.82, 2.24) is 30.0 Å². The summed E-state index contributed by atoms with van der Waals surface area (Å²) >= 11 is 13.1. The molecule has 0 saturated carbocycles. The molecule has 12 heteroatoms. The first-order valence-electron chi connectivity index (χ1n) is 12.5. The van der Waals surface area contributed by atoms with Gasteiger partial charge in [-0.2, -0.15) is 5.10 Å². The lowest BCUT2D eigenvalue weighted by molar-refractivity contribution is -0.130. The monoisotopic (exact) mass is 559 g/mol. The molecule has 2 fully saturated rings. The third-order valence-electron chi connectivity index (χ3n) is 7.00. The highest BCUT2D eigenvalue weighted by Gasteiger charge is 2.34. The van der Waals surface area contributed by atoms with Crippen LogP contribution < -0.4 is 10.6 Å². The minimum Gasteiger partial charge on any atom is -0.379 e. The molecule has 2 amide bonds. The van der Waals surface area contributed by atoms with Gasteiger partial charge in [-0.05, 0) is 35.6 Å². The molecule has 2 saturated heterocycles. The number of halogens is 2.